The lowest BCUT2D eigenvalue weighted by Gasteiger charge is -2.06. The second kappa shape index (κ2) is 7.63. The fourth-order valence-corrected chi connectivity index (χ4v) is 2.17. The first kappa shape index (κ1) is 17.5. The number of Topliss-reactive ketones (excluding diaryl/α,β-unsaturated/α-hetero) is 2. The molecular formula is C17H17FN2O4. The molecule has 0 bridgehead atoms. The lowest BCUT2D eigenvalue weighted by Crippen LogP contribution is -2.21. The fourth-order valence-electron chi connectivity index (χ4n) is 2.17. The average molecular weight is 332 g/mol. The Balaban J connectivity index is 2.08. The number of hydrogen-bond donors (Lipinski definition) is 0. The molecule has 0 atom stereocenters. The van der Waals surface area contributed by atoms with E-state index in [-0.39, 0.29) is 18.0 Å². The molecule has 24 heavy (non-hydrogen) atoms. The van der Waals surface area contributed by atoms with Gasteiger partial charge in [0.2, 0.25) is 5.78 Å². The molecule has 6 nitrogen and oxygen atoms in total. The summed E-state index contributed by atoms with van der Waals surface area (Å²) < 4.78 is 19.1. The van der Waals surface area contributed by atoms with E-state index in [2.05, 4.69) is 9.84 Å². The van der Waals surface area contributed by atoms with Crippen LogP contribution in [0.3, 0.4) is 0 Å². The summed E-state index contributed by atoms with van der Waals surface area (Å²) in [5, 5.41) is 4.12. The van der Waals surface area contributed by atoms with Crippen molar-refractivity contribution in [1.29, 1.82) is 0 Å². The second-order valence-electron chi connectivity index (χ2n) is 5.17. The maximum atomic E-state index is 12.9. The molecule has 0 aliphatic carbocycles. The monoisotopic (exact) mass is 332 g/mol. The Kier molecular flexibility index (Phi) is 5.57. The molecule has 0 saturated carbocycles. The van der Waals surface area contributed by atoms with E-state index in [1.807, 2.05) is 0 Å². The number of halogens is 1. The zero-order valence-corrected chi connectivity index (χ0v) is 13.4. The summed E-state index contributed by atoms with van der Waals surface area (Å²) in [6.45, 7) is 3.72. The van der Waals surface area contributed by atoms with Gasteiger partial charge in [-0.15, -0.1) is 0 Å². The molecule has 0 aliphatic heterocycles. The van der Waals surface area contributed by atoms with E-state index < -0.39 is 24.0 Å². The lowest BCUT2D eigenvalue weighted by molar-refractivity contribution is -0.153. The van der Waals surface area contributed by atoms with Gasteiger partial charge in [0.25, 0.3) is 0 Å². The van der Waals surface area contributed by atoms with E-state index in [1.54, 1.807) is 30.7 Å². The Hall–Kier alpha value is -2.83. The van der Waals surface area contributed by atoms with Crippen LogP contribution in [0.5, 0.6) is 0 Å². The summed E-state index contributed by atoms with van der Waals surface area (Å²) in [4.78, 5) is 35.1. The molecule has 0 spiro atoms. The third-order valence-electron chi connectivity index (χ3n) is 3.47. The number of ether oxygens (including phenoxy) is 1. The molecule has 0 amide bonds. The van der Waals surface area contributed by atoms with Crippen LogP contribution in [0, 0.1) is 12.7 Å². The summed E-state index contributed by atoms with van der Waals surface area (Å²) in [6, 6.07) is 5.95. The van der Waals surface area contributed by atoms with Crippen molar-refractivity contribution in [3.05, 3.63) is 53.1 Å². The summed E-state index contributed by atoms with van der Waals surface area (Å²) in [5.74, 6) is -2.71. The number of carbonyl (C=O) groups is 3. The van der Waals surface area contributed by atoms with Crippen LogP contribution in [0.4, 0.5) is 4.39 Å². The molecule has 0 radical (unpaired) electrons. The molecule has 7 heteroatoms. The number of ketones is 2. The van der Waals surface area contributed by atoms with Gasteiger partial charge in [0.05, 0.1) is 31.3 Å². The molecule has 0 unspecified atom stereocenters. The highest BCUT2D eigenvalue weighted by Crippen LogP contribution is 2.13. The number of aromatic nitrogens is 2. The van der Waals surface area contributed by atoms with Gasteiger partial charge >= 0.3 is 5.97 Å². The number of carbonyl (C=O) groups excluding carboxylic acids is 3. The van der Waals surface area contributed by atoms with Gasteiger partial charge in [-0.25, -0.2) is 9.18 Å². The van der Waals surface area contributed by atoms with E-state index >= 15 is 0 Å². The minimum absolute atomic E-state index is 0.0768. The first-order valence-corrected chi connectivity index (χ1v) is 7.42. The molecule has 0 fully saturated rings. The van der Waals surface area contributed by atoms with Crippen molar-refractivity contribution in [2.45, 2.75) is 26.8 Å². The summed E-state index contributed by atoms with van der Waals surface area (Å²) in [6.07, 6.45) is 0.807. The predicted molar refractivity (Wildman–Crippen MR) is 83.1 cm³/mol. The highest BCUT2D eigenvalue weighted by Gasteiger charge is 2.22. The van der Waals surface area contributed by atoms with Gasteiger partial charge in [-0.05, 0) is 31.5 Å². The first-order valence-electron chi connectivity index (χ1n) is 7.42. The van der Waals surface area contributed by atoms with Gasteiger partial charge < -0.3 is 4.74 Å². The van der Waals surface area contributed by atoms with Crippen molar-refractivity contribution in [3.63, 3.8) is 0 Å². The maximum absolute atomic E-state index is 12.9. The number of rotatable bonds is 7. The van der Waals surface area contributed by atoms with Gasteiger partial charge in [-0.3, -0.25) is 14.3 Å². The number of nitrogens with zero attached hydrogens (tertiary/aromatic N) is 2. The lowest BCUT2D eigenvalue weighted by atomic mass is 10.1. The molecular weight excluding hydrogens is 315 g/mol. The molecule has 126 valence electrons. The number of esters is 1. The molecule has 0 aliphatic rings. The quantitative estimate of drug-likeness (QED) is 0.336. The first-order chi connectivity index (χ1) is 11.4. The topological polar surface area (TPSA) is 78.3 Å². The van der Waals surface area contributed by atoms with Crippen molar-refractivity contribution in [1.82, 2.24) is 9.78 Å². The van der Waals surface area contributed by atoms with Crippen LogP contribution in [-0.2, 0) is 20.9 Å². The summed E-state index contributed by atoms with van der Waals surface area (Å²) in [5.41, 5.74) is 1.67. The van der Waals surface area contributed by atoms with Crippen LogP contribution >= 0.6 is 0 Å². The van der Waals surface area contributed by atoms with Crippen molar-refractivity contribution >= 4 is 17.5 Å². The normalized spacial score (nSPS) is 10.5. The molecule has 1 heterocycles. The molecule has 0 saturated heterocycles. The largest absolute Gasteiger partial charge is 0.460 e. The third-order valence-corrected chi connectivity index (χ3v) is 3.47. The third kappa shape index (κ3) is 4.13. The van der Waals surface area contributed by atoms with E-state index in [1.165, 1.54) is 18.3 Å². The molecule has 2 rings (SSSR count). The van der Waals surface area contributed by atoms with Gasteiger partial charge in [-0.1, -0.05) is 12.1 Å². The Morgan fingerprint density at radius 2 is 1.88 bits per heavy atom. The second-order valence-corrected chi connectivity index (χ2v) is 5.17. The predicted octanol–water partition coefficient (Wildman–Crippen LogP) is 2.08. The smallest absolute Gasteiger partial charge is 0.375 e. The van der Waals surface area contributed by atoms with Crippen LogP contribution in [0.15, 0.2) is 30.5 Å². The maximum Gasteiger partial charge on any atom is 0.375 e. The van der Waals surface area contributed by atoms with Crippen LogP contribution in [0.1, 0.15) is 35.0 Å². The Morgan fingerprint density at radius 3 is 2.50 bits per heavy atom. The van der Waals surface area contributed by atoms with E-state index in [4.69, 9.17) is 0 Å². The van der Waals surface area contributed by atoms with Gasteiger partial charge in [0.1, 0.15) is 5.82 Å². The van der Waals surface area contributed by atoms with E-state index in [9.17, 15) is 18.8 Å². The van der Waals surface area contributed by atoms with E-state index in [0.29, 0.717) is 12.2 Å². The van der Waals surface area contributed by atoms with Gasteiger partial charge in [0, 0.05) is 5.69 Å². The van der Waals surface area contributed by atoms with Crippen molar-refractivity contribution in [3.8, 4) is 0 Å². The van der Waals surface area contributed by atoms with Crippen molar-refractivity contribution < 1.29 is 23.5 Å². The minimum Gasteiger partial charge on any atom is -0.460 e. The Morgan fingerprint density at radius 1 is 1.21 bits per heavy atom. The highest BCUT2D eigenvalue weighted by molar-refractivity contribution is 6.38. The van der Waals surface area contributed by atoms with Crippen molar-refractivity contribution in [2.24, 2.45) is 0 Å². The zero-order chi connectivity index (χ0) is 17.7. The van der Waals surface area contributed by atoms with Crippen LogP contribution in [0.2, 0.25) is 0 Å². The molecule has 2 aromatic rings. The van der Waals surface area contributed by atoms with Crippen LogP contribution in [-0.4, -0.2) is 33.9 Å². The molecule has 1 aromatic heterocycles. The fraction of sp³-hybridized carbons (Fsp3) is 0.294. The number of benzene rings is 1. The highest BCUT2D eigenvalue weighted by atomic mass is 19.1. The standard InChI is InChI=1S/C17H17FN2O4/c1-3-24-17(23)16(22)8-15(21)14-9-19-20(11(14)2)10-12-4-6-13(18)7-5-12/h4-7,9H,3,8,10H2,1-2H3. The molecule has 1 aromatic carbocycles. The van der Waals surface area contributed by atoms with E-state index in [0.717, 1.165) is 5.56 Å². The van der Waals surface area contributed by atoms with Crippen LogP contribution < -0.4 is 0 Å². The van der Waals surface area contributed by atoms with Gasteiger partial charge in [-0.2, -0.15) is 5.10 Å². The van der Waals surface area contributed by atoms with Crippen molar-refractivity contribution in [2.75, 3.05) is 6.61 Å². The Labute approximate surface area is 138 Å². The van der Waals surface area contributed by atoms with Crippen LogP contribution in [0.25, 0.3) is 0 Å². The zero-order valence-electron chi connectivity index (χ0n) is 13.4. The Bertz CT molecular complexity index is 765. The SMILES string of the molecule is CCOC(=O)C(=O)CC(=O)c1cnn(Cc2ccc(F)cc2)c1C. The minimum atomic E-state index is -1.01. The summed E-state index contributed by atoms with van der Waals surface area (Å²) >= 11 is 0. The summed E-state index contributed by atoms with van der Waals surface area (Å²) in [7, 11) is 0. The van der Waals surface area contributed by atoms with Gasteiger partial charge in [0.15, 0.2) is 5.78 Å². The average Bonchev–Trinajstić information content (AvgIpc) is 2.90. The number of hydrogen-bond acceptors (Lipinski definition) is 5. The molecule has 0 N–H and O–H groups in total.